The number of nitrogens with one attached hydrogen (secondary N) is 2. The van der Waals surface area contributed by atoms with Crippen LogP contribution in [0.5, 0.6) is 5.75 Å². The van der Waals surface area contributed by atoms with Gasteiger partial charge in [0.1, 0.15) is 24.0 Å². The normalized spacial score (nSPS) is 23.1. The molecule has 1 saturated carbocycles. The fraction of sp³-hybridized carbons (Fsp3) is 0.415. The summed E-state index contributed by atoms with van der Waals surface area (Å²) in [4.78, 5) is 67.3. The molecule has 2 saturated heterocycles. The summed E-state index contributed by atoms with van der Waals surface area (Å²) in [5.74, 6) is -1.11. The van der Waals surface area contributed by atoms with Gasteiger partial charge in [-0.1, -0.05) is 57.5 Å². The number of rotatable bonds is 10. The maximum Gasteiger partial charge on any atom is 0.264 e. The molecular weight excluding hydrogens is 694 g/mol. The van der Waals surface area contributed by atoms with Crippen LogP contribution >= 0.6 is 11.6 Å². The SMILES string of the molecule is CC1(C)[C@H](NC(=O)c2ccc(CCCC3CN(c4cccc5c4C(=O)N([C@H]4CCC(=O)NC4=O)C5=O)C3)cc2)C(C)(C)[C@H]1Oc1ccc(C#N)c(Cl)c1. The third-order valence-electron chi connectivity index (χ3n) is 11.5. The summed E-state index contributed by atoms with van der Waals surface area (Å²) in [6.07, 6.45) is 2.85. The highest BCUT2D eigenvalue weighted by atomic mass is 35.5. The van der Waals surface area contributed by atoms with Crippen molar-refractivity contribution in [1.29, 1.82) is 5.26 Å². The Bertz CT molecular complexity index is 2050. The predicted molar refractivity (Wildman–Crippen MR) is 198 cm³/mol. The van der Waals surface area contributed by atoms with E-state index in [0.29, 0.717) is 44.6 Å². The van der Waals surface area contributed by atoms with Gasteiger partial charge in [-0.25, -0.2) is 0 Å². The van der Waals surface area contributed by atoms with Crippen LogP contribution < -0.4 is 20.3 Å². The Labute approximate surface area is 313 Å². The van der Waals surface area contributed by atoms with Gasteiger partial charge in [-0.05, 0) is 73.6 Å². The number of hydrogen-bond donors (Lipinski definition) is 2. The van der Waals surface area contributed by atoms with E-state index in [0.717, 1.165) is 42.8 Å². The van der Waals surface area contributed by atoms with Crippen molar-refractivity contribution in [2.45, 2.75) is 78.0 Å². The molecule has 3 aromatic carbocycles. The van der Waals surface area contributed by atoms with Crippen molar-refractivity contribution in [3.63, 3.8) is 0 Å². The Hall–Kier alpha value is -5.21. The zero-order chi connectivity index (χ0) is 37.8. The number of carbonyl (C=O) groups excluding carboxylic acids is 5. The molecule has 12 heteroatoms. The highest BCUT2D eigenvalue weighted by Gasteiger charge is 2.64. The first-order chi connectivity index (χ1) is 25.2. The molecule has 3 aromatic rings. The third-order valence-corrected chi connectivity index (χ3v) is 11.8. The molecule has 5 amide bonds. The Balaban J connectivity index is 0.888. The van der Waals surface area contributed by atoms with Crippen LogP contribution in [-0.4, -0.2) is 65.7 Å². The highest BCUT2D eigenvalue weighted by Crippen LogP contribution is 2.55. The number of nitrogens with zero attached hydrogens (tertiary/aromatic N) is 3. The second-order valence-electron chi connectivity index (χ2n) is 15.8. The Morgan fingerprint density at radius 2 is 1.72 bits per heavy atom. The summed E-state index contributed by atoms with van der Waals surface area (Å²) < 4.78 is 6.35. The first kappa shape index (κ1) is 36.2. The molecule has 7 rings (SSSR count). The second kappa shape index (κ2) is 13.6. The van der Waals surface area contributed by atoms with E-state index in [4.69, 9.17) is 16.3 Å². The highest BCUT2D eigenvalue weighted by molar-refractivity contribution is 6.31. The summed E-state index contributed by atoms with van der Waals surface area (Å²) >= 11 is 6.23. The van der Waals surface area contributed by atoms with Crippen molar-refractivity contribution >= 4 is 46.8 Å². The molecular formula is C41H42ClN5O6. The maximum absolute atomic E-state index is 13.5. The molecule has 0 bridgehead atoms. The molecule has 1 atom stereocenters. The van der Waals surface area contributed by atoms with Crippen molar-refractivity contribution in [2.75, 3.05) is 18.0 Å². The van der Waals surface area contributed by atoms with Crippen LogP contribution in [-0.2, 0) is 16.0 Å². The summed E-state index contributed by atoms with van der Waals surface area (Å²) in [6, 6.07) is 19.0. The minimum Gasteiger partial charge on any atom is -0.489 e. The smallest absolute Gasteiger partial charge is 0.264 e. The number of aryl methyl sites for hydroxylation is 1. The van der Waals surface area contributed by atoms with E-state index in [1.54, 1.807) is 30.3 Å². The molecule has 3 fully saturated rings. The lowest BCUT2D eigenvalue weighted by Gasteiger charge is -2.63. The number of nitriles is 1. The second-order valence-corrected chi connectivity index (χ2v) is 16.2. The largest absolute Gasteiger partial charge is 0.489 e. The van der Waals surface area contributed by atoms with E-state index in [2.05, 4.69) is 49.3 Å². The van der Waals surface area contributed by atoms with Gasteiger partial charge in [0.05, 0.1) is 27.4 Å². The van der Waals surface area contributed by atoms with E-state index in [9.17, 15) is 29.2 Å². The zero-order valence-corrected chi connectivity index (χ0v) is 31.0. The van der Waals surface area contributed by atoms with Gasteiger partial charge in [-0.15, -0.1) is 0 Å². The minimum absolute atomic E-state index is 0.0818. The molecule has 274 valence electrons. The number of halogens is 1. The van der Waals surface area contributed by atoms with Crippen molar-refractivity contribution in [3.8, 4) is 11.8 Å². The minimum atomic E-state index is -0.988. The number of amides is 5. The van der Waals surface area contributed by atoms with Gasteiger partial charge in [0, 0.05) is 48.0 Å². The average Bonchev–Trinajstić information content (AvgIpc) is 3.36. The number of piperidine rings is 1. The van der Waals surface area contributed by atoms with Gasteiger partial charge in [0.2, 0.25) is 11.8 Å². The Morgan fingerprint density at radius 1 is 1.00 bits per heavy atom. The van der Waals surface area contributed by atoms with E-state index >= 15 is 0 Å². The molecule has 11 nitrogen and oxygen atoms in total. The predicted octanol–water partition coefficient (Wildman–Crippen LogP) is 5.68. The average molecular weight is 736 g/mol. The summed E-state index contributed by atoms with van der Waals surface area (Å²) in [5, 5.41) is 15.0. The van der Waals surface area contributed by atoms with Gasteiger partial charge in [0.15, 0.2) is 0 Å². The summed E-state index contributed by atoms with van der Waals surface area (Å²) in [5.41, 5.74) is 2.74. The van der Waals surface area contributed by atoms with Crippen LogP contribution in [0.4, 0.5) is 5.69 Å². The fourth-order valence-corrected chi connectivity index (χ4v) is 9.15. The number of imide groups is 2. The van der Waals surface area contributed by atoms with Crippen molar-refractivity contribution in [3.05, 3.63) is 93.5 Å². The summed E-state index contributed by atoms with van der Waals surface area (Å²) in [6.45, 7) is 9.83. The molecule has 3 heterocycles. The lowest BCUT2D eigenvalue weighted by molar-refractivity contribution is -0.164. The van der Waals surface area contributed by atoms with E-state index in [1.165, 1.54) is 0 Å². The van der Waals surface area contributed by atoms with Gasteiger partial charge in [0.25, 0.3) is 17.7 Å². The first-order valence-electron chi connectivity index (χ1n) is 18.1. The van der Waals surface area contributed by atoms with Crippen molar-refractivity contribution in [1.82, 2.24) is 15.5 Å². The van der Waals surface area contributed by atoms with E-state index in [-0.39, 0.29) is 41.7 Å². The number of fused-ring (bicyclic) bond motifs is 1. The number of carbonyl (C=O) groups is 5. The van der Waals surface area contributed by atoms with Crippen LogP contribution in [0, 0.1) is 28.1 Å². The van der Waals surface area contributed by atoms with Gasteiger partial charge in [-0.3, -0.25) is 34.2 Å². The van der Waals surface area contributed by atoms with Crippen LogP contribution in [0.2, 0.25) is 5.02 Å². The molecule has 1 aliphatic carbocycles. The van der Waals surface area contributed by atoms with Crippen LogP contribution in [0.25, 0.3) is 0 Å². The lowest BCUT2D eigenvalue weighted by atomic mass is 9.49. The molecule has 0 spiro atoms. The Morgan fingerprint density at radius 3 is 2.38 bits per heavy atom. The molecule has 0 radical (unpaired) electrons. The monoisotopic (exact) mass is 735 g/mol. The summed E-state index contributed by atoms with van der Waals surface area (Å²) in [7, 11) is 0. The van der Waals surface area contributed by atoms with Gasteiger partial charge < -0.3 is 15.0 Å². The zero-order valence-electron chi connectivity index (χ0n) is 30.2. The molecule has 4 aliphatic rings. The standard InChI is InChI=1S/C41H42ClN5O6/c1-40(2)38(41(3,4)39(40)53-27-16-15-26(20-43)29(42)19-27)45-34(49)25-13-11-23(12-14-25)7-5-8-24-21-46(22-24)30-10-6-9-28-33(30)37(52)47(36(28)51)31-17-18-32(48)44-35(31)50/h6,9-16,19,24,31,38-39H,5,7-8,17-18,21-22H2,1-4H3,(H,45,49)(H,44,48,50)/t31-,38-,39-/m0/s1. The van der Waals surface area contributed by atoms with Crippen LogP contribution in [0.1, 0.15) is 95.6 Å². The maximum atomic E-state index is 13.5. The number of hydrogen-bond acceptors (Lipinski definition) is 8. The first-order valence-corrected chi connectivity index (χ1v) is 18.4. The van der Waals surface area contributed by atoms with Gasteiger partial charge >= 0.3 is 0 Å². The van der Waals surface area contributed by atoms with Crippen molar-refractivity contribution < 1.29 is 28.7 Å². The molecule has 3 aliphatic heterocycles. The number of ether oxygens (including phenoxy) is 1. The quantitative estimate of drug-likeness (QED) is 0.253. The fourth-order valence-electron chi connectivity index (χ4n) is 8.94. The van der Waals surface area contributed by atoms with Crippen LogP contribution in [0.3, 0.4) is 0 Å². The van der Waals surface area contributed by atoms with E-state index in [1.807, 2.05) is 30.3 Å². The molecule has 0 unspecified atom stereocenters. The van der Waals surface area contributed by atoms with Gasteiger partial charge in [-0.2, -0.15) is 5.26 Å². The topological polar surface area (TPSA) is 149 Å². The lowest BCUT2D eigenvalue weighted by Crippen LogP contribution is -2.74. The number of benzene rings is 3. The number of anilines is 1. The molecule has 0 aromatic heterocycles. The van der Waals surface area contributed by atoms with Crippen LogP contribution in [0.15, 0.2) is 60.7 Å². The molecule has 2 N–H and O–H groups in total. The Kier molecular flexibility index (Phi) is 9.31. The van der Waals surface area contributed by atoms with E-state index < -0.39 is 29.7 Å². The third kappa shape index (κ3) is 6.43. The van der Waals surface area contributed by atoms with Crippen molar-refractivity contribution in [2.24, 2.45) is 16.7 Å². The molecule has 53 heavy (non-hydrogen) atoms.